The zero-order valence-corrected chi connectivity index (χ0v) is 13.9. The van der Waals surface area contributed by atoms with E-state index in [9.17, 15) is 5.11 Å². The third-order valence-electron chi connectivity index (χ3n) is 3.34. The zero-order chi connectivity index (χ0) is 15.6. The fourth-order valence-corrected chi connectivity index (χ4v) is 2.57. The van der Waals surface area contributed by atoms with E-state index >= 15 is 0 Å². The number of benzene rings is 2. The average molecular weight is 324 g/mol. The predicted octanol–water partition coefficient (Wildman–Crippen LogP) is 5.61. The van der Waals surface area contributed by atoms with Gasteiger partial charge in [-0.3, -0.25) is 0 Å². The van der Waals surface area contributed by atoms with E-state index in [2.05, 4.69) is 38.2 Å². The molecule has 2 nitrogen and oxygen atoms in total. The maximum absolute atomic E-state index is 9.92. The molecule has 0 heterocycles. The molecule has 0 unspecified atom stereocenters. The number of nitrogens with one attached hydrogen (secondary N) is 1. The van der Waals surface area contributed by atoms with Crippen molar-refractivity contribution < 1.29 is 5.11 Å². The normalized spacial score (nSPS) is 11.5. The van der Waals surface area contributed by atoms with Crippen LogP contribution in [0, 0.1) is 0 Å². The zero-order valence-electron chi connectivity index (χ0n) is 12.4. The summed E-state index contributed by atoms with van der Waals surface area (Å²) < 4.78 is 0. The Labute approximate surface area is 135 Å². The van der Waals surface area contributed by atoms with Crippen molar-refractivity contribution in [1.82, 2.24) is 0 Å². The number of hydrogen-bond acceptors (Lipinski definition) is 2. The molecule has 0 aromatic heterocycles. The Morgan fingerprint density at radius 1 is 1.05 bits per heavy atom. The Hall–Kier alpha value is -1.38. The van der Waals surface area contributed by atoms with Gasteiger partial charge in [-0.2, -0.15) is 0 Å². The second kappa shape index (κ2) is 6.17. The second-order valence-electron chi connectivity index (χ2n) is 6.08. The third-order valence-corrected chi connectivity index (χ3v) is 3.85. The summed E-state index contributed by atoms with van der Waals surface area (Å²) in [5.74, 6) is 0.0693. The molecule has 0 saturated carbocycles. The van der Waals surface area contributed by atoms with Crippen molar-refractivity contribution >= 4 is 28.9 Å². The summed E-state index contributed by atoms with van der Waals surface area (Å²) >= 11 is 11.9. The first kappa shape index (κ1) is 16.0. The first-order chi connectivity index (χ1) is 9.77. The highest BCUT2D eigenvalue weighted by atomic mass is 35.5. The maximum atomic E-state index is 9.92. The topological polar surface area (TPSA) is 32.3 Å². The van der Waals surface area contributed by atoms with Gasteiger partial charge in [-0.1, -0.05) is 56.1 Å². The molecule has 2 aromatic carbocycles. The van der Waals surface area contributed by atoms with Crippen LogP contribution in [0.3, 0.4) is 0 Å². The fraction of sp³-hybridized carbons (Fsp3) is 0.294. The molecule has 0 atom stereocenters. The van der Waals surface area contributed by atoms with Gasteiger partial charge < -0.3 is 10.4 Å². The summed E-state index contributed by atoms with van der Waals surface area (Å²) in [5, 5.41) is 14.0. The minimum atomic E-state index is 0.0693. The van der Waals surface area contributed by atoms with Crippen LogP contribution < -0.4 is 5.32 Å². The van der Waals surface area contributed by atoms with Crippen LogP contribution in [0.5, 0.6) is 5.75 Å². The van der Waals surface area contributed by atoms with Gasteiger partial charge in [-0.05, 0) is 35.2 Å². The van der Waals surface area contributed by atoms with E-state index in [1.54, 1.807) is 6.07 Å². The van der Waals surface area contributed by atoms with Crippen LogP contribution in [0.15, 0.2) is 36.4 Å². The van der Waals surface area contributed by atoms with Gasteiger partial charge in [0, 0.05) is 22.8 Å². The standard InChI is InChI=1S/C17H19Cl2NO/c1-17(2,3)12-4-6-14(7-5-12)20-10-11-8-13(18)9-15(19)16(11)21/h4-9,20-21H,10H2,1-3H3. The minimum Gasteiger partial charge on any atom is -0.506 e. The molecule has 2 aromatic rings. The minimum absolute atomic E-state index is 0.0693. The maximum Gasteiger partial charge on any atom is 0.139 e. The number of aromatic hydroxyl groups is 1. The van der Waals surface area contributed by atoms with E-state index in [1.807, 2.05) is 12.1 Å². The van der Waals surface area contributed by atoms with Crippen LogP contribution >= 0.6 is 23.2 Å². The van der Waals surface area contributed by atoms with Gasteiger partial charge in [-0.15, -0.1) is 0 Å². The molecular weight excluding hydrogens is 305 g/mol. The molecule has 0 bridgehead atoms. The van der Waals surface area contributed by atoms with E-state index in [0.717, 1.165) is 5.69 Å². The predicted molar refractivity (Wildman–Crippen MR) is 90.6 cm³/mol. The highest BCUT2D eigenvalue weighted by Crippen LogP contribution is 2.31. The molecule has 4 heteroatoms. The van der Waals surface area contributed by atoms with Crippen LogP contribution in [0.25, 0.3) is 0 Å². The monoisotopic (exact) mass is 323 g/mol. The fourth-order valence-electron chi connectivity index (χ4n) is 2.04. The van der Waals surface area contributed by atoms with Crippen molar-refractivity contribution in [3.05, 3.63) is 57.6 Å². The van der Waals surface area contributed by atoms with Crippen molar-refractivity contribution in [1.29, 1.82) is 0 Å². The van der Waals surface area contributed by atoms with Gasteiger partial charge >= 0.3 is 0 Å². The summed E-state index contributed by atoms with van der Waals surface area (Å²) in [6.07, 6.45) is 0. The molecule has 0 aliphatic rings. The summed E-state index contributed by atoms with van der Waals surface area (Å²) in [6, 6.07) is 11.5. The van der Waals surface area contributed by atoms with Gasteiger partial charge in [0.2, 0.25) is 0 Å². The first-order valence-corrected chi connectivity index (χ1v) is 7.54. The third kappa shape index (κ3) is 4.05. The van der Waals surface area contributed by atoms with E-state index in [0.29, 0.717) is 17.1 Å². The van der Waals surface area contributed by atoms with E-state index in [4.69, 9.17) is 23.2 Å². The van der Waals surface area contributed by atoms with Gasteiger partial charge in [-0.25, -0.2) is 0 Å². The van der Waals surface area contributed by atoms with Crippen LogP contribution in [-0.4, -0.2) is 5.11 Å². The average Bonchev–Trinajstić information content (AvgIpc) is 2.40. The van der Waals surface area contributed by atoms with E-state index < -0.39 is 0 Å². The molecule has 21 heavy (non-hydrogen) atoms. The molecule has 0 amide bonds. The summed E-state index contributed by atoms with van der Waals surface area (Å²) in [5.41, 5.74) is 3.07. The van der Waals surface area contributed by atoms with Crippen molar-refractivity contribution in [2.24, 2.45) is 0 Å². The first-order valence-electron chi connectivity index (χ1n) is 6.78. The van der Waals surface area contributed by atoms with Gasteiger partial charge in [0.15, 0.2) is 0 Å². The molecular formula is C17H19Cl2NO. The van der Waals surface area contributed by atoms with Gasteiger partial charge in [0.1, 0.15) is 5.75 Å². The van der Waals surface area contributed by atoms with Crippen molar-refractivity contribution in [3.63, 3.8) is 0 Å². The molecule has 112 valence electrons. The smallest absolute Gasteiger partial charge is 0.139 e. The largest absolute Gasteiger partial charge is 0.506 e. The van der Waals surface area contributed by atoms with E-state index in [1.165, 1.54) is 11.6 Å². The SMILES string of the molecule is CC(C)(C)c1ccc(NCc2cc(Cl)cc(Cl)c2O)cc1. The van der Waals surface area contributed by atoms with Crippen LogP contribution in [-0.2, 0) is 12.0 Å². The Balaban J connectivity index is 2.10. The number of phenols is 1. The number of halogens is 2. The van der Waals surface area contributed by atoms with E-state index in [-0.39, 0.29) is 16.2 Å². The summed E-state index contributed by atoms with van der Waals surface area (Å²) in [6.45, 7) is 7.01. The molecule has 0 fully saturated rings. The van der Waals surface area contributed by atoms with Crippen molar-refractivity contribution in [2.75, 3.05) is 5.32 Å². The lowest BCUT2D eigenvalue weighted by Gasteiger charge is -2.19. The Morgan fingerprint density at radius 2 is 1.67 bits per heavy atom. The molecule has 0 aliphatic carbocycles. The Bertz CT molecular complexity index is 630. The quantitative estimate of drug-likeness (QED) is 0.769. The molecule has 2 N–H and O–H groups in total. The lowest BCUT2D eigenvalue weighted by atomic mass is 9.87. The van der Waals surface area contributed by atoms with Crippen LogP contribution in [0.2, 0.25) is 10.0 Å². The summed E-state index contributed by atoms with van der Waals surface area (Å²) in [7, 11) is 0. The number of rotatable bonds is 3. The van der Waals surface area contributed by atoms with Crippen molar-refractivity contribution in [3.8, 4) is 5.75 Å². The lowest BCUT2D eigenvalue weighted by Crippen LogP contribution is -2.10. The highest BCUT2D eigenvalue weighted by molar-refractivity contribution is 6.35. The number of anilines is 1. The second-order valence-corrected chi connectivity index (χ2v) is 6.92. The molecule has 0 saturated heterocycles. The Kier molecular flexibility index (Phi) is 4.70. The van der Waals surface area contributed by atoms with Gasteiger partial charge in [0.25, 0.3) is 0 Å². The van der Waals surface area contributed by atoms with Gasteiger partial charge in [0.05, 0.1) is 5.02 Å². The lowest BCUT2D eigenvalue weighted by molar-refractivity contribution is 0.469. The van der Waals surface area contributed by atoms with Crippen molar-refractivity contribution in [2.45, 2.75) is 32.7 Å². The molecule has 0 aliphatic heterocycles. The Morgan fingerprint density at radius 3 is 2.24 bits per heavy atom. The van der Waals surface area contributed by atoms with Crippen LogP contribution in [0.1, 0.15) is 31.9 Å². The molecule has 0 spiro atoms. The van der Waals surface area contributed by atoms with Crippen LogP contribution in [0.4, 0.5) is 5.69 Å². The molecule has 0 radical (unpaired) electrons. The molecule has 2 rings (SSSR count). The highest BCUT2D eigenvalue weighted by Gasteiger charge is 2.13. The number of phenolic OH excluding ortho intramolecular Hbond substituents is 1. The number of hydrogen-bond donors (Lipinski definition) is 2. The summed E-state index contributed by atoms with van der Waals surface area (Å²) in [4.78, 5) is 0.